The first-order chi connectivity index (χ1) is 9.97. The number of carbonyl (C=O) groups excluding carboxylic acids is 1. The summed E-state index contributed by atoms with van der Waals surface area (Å²) in [4.78, 5) is 12.0. The van der Waals surface area contributed by atoms with E-state index in [0.29, 0.717) is 5.69 Å². The fraction of sp³-hybridized carbons (Fsp3) is 0.235. The molecule has 0 saturated heterocycles. The van der Waals surface area contributed by atoms with E-state index in [2.05, 4.69) is 10.6 Å². The van der Waals surface area contributed by atoms with E-state index in [4.69, 9.17) is 0 Å². The second-order valence-corrected chi connectivity index (χ2v) is 5.16. The van der Waals surface area contributed by atoms with Gasteiger partial charge in [0, 0.05) is 5.69 Å². The van der Waals surface area contributed by atoms with E-state index in [0.717, 1.165) is 22.4 Å². The third-order valence-corrected chi connectivity index (χ3v) is 3.25. The maximum atomic E-state index is 13.4. The number of carbonyl (C=O) groups is 1. The Morgan fingerprint density at radius 2 is 1.71 bits per heavy atom. The van der Waals surface area contributed by atoms with E-state index in [9.17, 15) is 9.18 Å². The summed E-state index contributed by atoms with van der Waals surface area (Å²) >= 11 is 0. The molecule has 21 heavy (non-hydrogen) atoms. The van der Waals surface area contributed by atoms with Crippen LogP contribution in [-0.2, 0) is 4.79 Å². The molecule has 0 atom stereocenters. The van der Waals surface area contributed by atoms with Crippen LogP contribution in [0.5, 0.6) is 0 Å². The molecule has 0 fully saturated rings. The molecular weight excluding hydrogens is 267 g/mol. The number of benzene rings is 2. The topological polar surface area (TPSA) is 41.1 Å². The molecule has 1 amide bonds. The zero-order valence-corrected chi connectivity index (χ0v) is 12.5. The van der Waals surface area contributed by atoms with Crippen LogP contribution in [0.4, 0.5) is 15.8 Å². The fourth-order valence-electron chi connectivity index (χ4n) is 2.34. The van der Waals surface area contributed by atoms with Crippen molar-refractivity contribution in [2.24, 2.45) is 0 Å². The van der Waals surface area contributed by atoms with Gasteiger partial charge >= 0.3 is 0 Å². The average Bonchev–Trinajstić information content (AvgIpc) is 2.42. The molecule has 110 valence electrons. The van der Waals surface area contributed by atoms with Crippen molar-refractivity contribution in [3.8, 4) is 0 Å². The standard InChI is InChI=1S/C17H19FN2O/c1-11-8-12(2)17(13(3)9-11)20-16(21)10-19-15-7-5-4-6-14(15)18/h4-9,19H,10H2,1-3H3,(H,20,21). The van der Waals surface area contributed by atoms with Crippen LogP contribution in [0.1, 0.15) is 16.7 Å². The van der Waals surface area contributed by atoms with Crippen molar-refractivity contribution in [1.29, 1.82) is 0 Å². The fourth-order valence-corrected chi connectivity index (χ4v) is 2.34. The molecule has 3 nitrogen and oxygen atoms in total. The SMILES string of the molecule is Cc1cc(C)c(NC(=O)CNc2ccccc2F)c(C)c1. The van der Waals surface area contributed by atoms with E-state index in [1.807, 2.05) is 32.9 Å². The monoisotopic (exact) mass is 286 g/mol. The predicted octanol–water partition coefficient (Wildman–Crippen LogP) is 3.80. The highest BCUT2D eigenvalue weighted by Gasteiger charge is 2.09. The van der Waals surface area contributed by atoms with Crippen LogP contribution in [0.2, 0.25) is 0 Å². The van der Waals surface area contributed by atoms with Crippen LogP contribution >= 0.6 is 0 Å². The summed E-state index contributed by atoms with van der Waals surface area (Å²) < 4.78 is 13.4. The van der Waals surface area contributed by atoms with Gasteiger partial charge in [0.25, 0.3) is 0 Å². The third kappa shape index (κ3) is 3.81. The summed E-state index contributed by atoms with van der Waals surface area (Å²) in [5.74, 6) is -0.568. The van der Waals surface area contributed by atoms with Crippen LogP contribution < -0.4 is 10.6 Å². The number of nitrogens with one attached hydrogen (secondary N) is 2. The van der Waals surface area contributed by atoms with Crippen molar-refractivity contribution in [2.75, 3.05) is 17.2 Å². The maximum absolute atomic E-state index is 13.4. The van der Waals surface area contributed by atoms with Crippen molar-refractivity contribution in [2.45, 2.75) is 20.8 Å². The van der Waals surface area contributed by atoms with Gasteiger partial charge < -0.3 is 10.6 Å². The molecule has 0 heterocycles. The van der Waals surface area contributed by atoms with E-state index in [1.54, 1.807) is 18.2 Å². The molecule has 0 aromatic heterocycles. The second kappa shape index (κ2) is 6.39. The van der Waals surface area contributed by atoms with Gasteiger partial charge in [0.15, 0.2) is 0 Å². The van der Waals surface area contributed by atoms with Gasteiger partial charge in [0.1, 0.15) is 5.82 Å². The van der Waals surface area contributed by atoms with Crippen molar-refractivity contribution in [3.63, 3.8) is 0 Å². The van der Waals surface area contributed by atoms with E-state index < -0.39 is 0 Å². The minimum atomic E-state index is -0.368. The molecule has 0 saturated carbocycles. The number of hydrogen-bond donors (Lipinski definition) is 2. The lowest BCUT2D eigenvalue weighted by Crippen LogP contribution is -2.23. The first-order valence-electron chi connectivity index (χ1n) is 6.83. The normalized spacial score (nSPS) is 10.3. The minimum absolute atomic E-state index is 0.0215. The van der Waals surface area contributed by atoms with Gasteiger partial charge in [-0.25, -0.2) is 4.39 Å². The highest BCUT2D eigenvalue weighted by atomic mass is 19.1. The van der Waals surface area contributed by atoms with Crippen LogP contribution in [0.3, 0.4) is 0 Å². The van der Waals surface area contributed by atoms with Crippen LogP contribution in [-0.4, -0.2) is 12.5 Å². The quantitative estimate of drug-likeness (QED) is 0.897. The molecule has 2 aromatic carbocycles. The molecule has 2 aromatic rings. The molecule has 2 N–H and O–H groups in total. The summed E-state index contributed by atoms with van der Waals surface area (Å²) in [6, 6.07) is 10.3. The Morgan fingerprint density at radius 1 is 1.10 bits per heavy atom. The summed E-state index contributed by atoms with van der Waals surface area (Å²) in [7, 11) is 0. The Morgan fingerprint density at radius 3 is 2.33 bits per heavy atom. The zero-order chi connectivity index (χ0) is 15.4. The number of para-hydroxylation sites is 1. The predicted molar refractivity (Wildman–Crippen MR) is 84.2 cm³/mol. The largest absolute Gasteiger partial charge is 0.374 e. The second-order valence-electron chi connectivity index (χ2n) is 5.16. The number of anilines is 2. The lowest BCUT2D eigenvalue weighted by molar-refractivity contribution is -0.114. The summed E-state index contributed by atoms with van der Waals surface area (Å²) in [5.41, 5.74) is 4.34. The Kier molecular flexibility index (Phi) is 4.58. The minimum Gasteiger partial charge on any atom is -0.374 e. The van der Waals surface area contributed by atoms with Crippen LogP contribution in [0.25, 0.3) is 0 Å². The highest BCUT2D eigenvalue weighted by molar-refractivity contribution is 5.95. The number of halogens is 1. The lowest BCUT2D eigenvalue weighted by atomic mass is 10.1. The Balaban J connectivity index is 2.01. The van der Waals surface area contributed by atoms with Crippen LogP contribution in [0, 0.1) is 26.6 Å². The number of aryl methyl sites for hydroxylation is 3. The summed E-state index contributed by atoms with van der Waals surface area (Å²) in [6.07, 6.45) is 0. The molecule has 0 aliphatic heterocycles. The van der Waals surface area contributed by atoms with Crippen molar-refractivity contribution in [3.05, 3.63) is 58.9 Å². The van der Waals surface area contributed by atoms with Gasteiger partial charge in [-0.05, 0) is 44.0 Å². The molecule has 0 aliphatic carbocycles. The smallest absolute Gasteiger partial charge is 0.243 e. The number of amides is 1. The molecule has 0 radical (unpaired) electrons. The number of rotatable bonds is 4. The zero-order valence-electron chi connectivity index (χ0n) is 12.5. The average molecular weight is 286 g/mol. The van der Waals surface area contributed by atoms with Crippen molar-refractivity contribution < 1.29 is 9.18 Å². The summed E-state index contributed by atoms with van der Waals surface area (Å²) in [5, 5.41) is 5.67. The molecule has 0 aliphatic rings. The molecular formula is C17H19FN2O. The first kappa shape index (κ1) is 15.0. The Hall–Kier alpha value is -2.36. The maximum Gasteiger partial charge on any atom is 0.243 e. The lowest BCUT2D eigenvalue weighted by Gasteiger charge is -2.13. The molecule has 2 rings (SSSR count). The van der Waals surface area contributed by atoms with E-state index in [-0.39, 0.29) is 18.3 Å². The van der Waals surface area contributed by atoms with Gasteiger partial charge in [-0.2, -0.15) is 0 Å². The molecule has 0 spiro atoms. The van der Waals surface area contributed by atoms with Gasteiger partial charge in [0.05, 0.1) is 12.2 Å². The van der Waals surface area contributed by atoms with E-state index in [1.165, 1.54) is 6.07 Å². The molecule has 4 heteroatoms. The molecule has 0 unspecified atom stereocenters. The number of hydrogen-bond acceptors (Lipinski definition) is 2. The first-order valence-corrected chi connectivity index (χ1v) is 6.83. The van der Waals surface area contributed by atoms with Gasteiger partial charge in [-0.3, -0.25) is 4.79 Å². The Labute approximate surface area is 124 Å². The summed E-state index contributed by atoms with van der Waals surface area (Å²) in [6.45, 7) is 5.96. The molecule has 0 bridgehead atoms. The van der Waals surface area contributed by atoms with Crippen LogP contribution in [0.15, 0.2) is 36.4 Å². The van der Waals surface area contributed by atoms with Crippen molar-refractivity contribution in [1.82, 2.24) is 0 Å². The third-order valence-electron chi connectivity index (χ3n) is 3.25. The van der Waals surface area contributed by atoms with Gasteiger partial charge in [-0.15, -0.1) is 0 Å². The van der Waals surface area contributed by atoms with Crippen molar-refractivity contribution >= 4 is 17.3 Å². The van der Waals surface area contributed by atoms with Gasteiger partial charge in [-0.1, -0.05) is 29.8 Å². The van der Waals surface area contributed by atoms with Gasteiger partial charge in [0.2, 0.25) is 5.91 Å². The highest BCUT2D eigenvalue weighted by Crippen LogP contribution is 2.21. The van der Waals surface area contributed by atoms with E-state index >= 15 is 0 Å². The Bertz CT molecular complexity index is 645.